The maximum atomic E-state index is 9.17. The number of hydrogen-bond donors (Lipinski definition) is 1. The Morgan fingerprint density at radius 1 is 1.54 bits per heavy atom. The molecule has 0 aromatic carbocycles. The van der Waals surface area contributed by atoms with Crippen molar-refractivity contribution in [2.24, 2.45) is 5.92 Å². The molecule has 1 fully saturated rings. The molecule has 0 radical (unpaired) electrons. The number of ether oxygens (including phenoxy) is 1. The van der Waals surface area contributed by atoms with E-state index in [0.717, 1.165) is 26.2 Å². The summed E-state index contributed by atoms with van der Waals surface area (Å²) >= 11 is 0. The summed E-state index contributed by atoms with van der Waals surface area (Å²) in [5.74, 6) is 0.649. The number of rotatable bonds is 4. The highest BCUT2D eigenvalue weighted by Gasteiger charge is 2.26. The molecule has 1 N–H and O–H groups in total. The van der Waals surface area contributed by atoms with E-state index in [4.69, 9.17) is 9.84 Å². The van der Waals surface area contributed by atoms with Crippen molar-refractivity contribution in [1.82, 2.24) is 4.90 Å². The van der Waals surface area contributed by atoms with Gasteiger partial charge in [-0.15, -0.1) is 0 Å². The van der Waals surface area contributed by atoms with Crippen LogP contribution in [-0.2, 0) is 4.74 Å². The van der Waals surface area contributed by atoms with E-state index < -0.39 is 0 Å². The molecule has 13 heavy (non-hydrogen) atoms. The van der Waals surface area contributed by atoms with Crippen LogP contribution in [-0.4, -0.2) is 49.0 Å². The average molecular weight is 187 g/mol. The van der Waals surface area contributed by atoms with E-state index >= 15 is 0 Å². The summed E-state index contributed by atoms with van der Waals surface area (Å²) < 4.78 is 5.32. The van der Waals surface area contributed by atoms with Gasteiger partial charge in [0.25, 0.3) is 0 Å². The van der Waals surface area contributed by atoms with Crippen LogP contribution < -0.4 is 0 Å². The van der Waals surface area contributed by atoms with E-state index in [2.05, 4.69) is 25.8 Å². The topological polar surface area (TPSA) is 32.7 Å². The molecule has 0 spiro atoms. The van der Waals surface area contributed by atoms with Crippen LogP contribution in [0.5, 0.6) is 0 Å². The second kappa shape index (κ2) is 4.40. The van der Waals surface area contributed by atoms with Gasteiger partial charge in [0.15, 0.2) is 0 Å². The van der Waals surface area contributed by atoms with Crippen molar-refractivity contribution in [3.8, 4) is 0 Å². The van der Waals surface area contributed by atoms with Crippen LogP contribution in [0.4, 0.5) is 0 Å². The normalized spacial score (nSPS) is 24.2. The van der Waals surface area contributed by atoms with E-state index in [1.165, 1.54) is 0 Å². The van der Waals surface area contributed by atoms with Gasteiger partial charge in [0.05, 0.1) is 13.2 Å². The second-order valence-electron chi connectivity index (χ2n) is 4.58. The smallest absolute Gasteiger partial charge is 0.0609 e. The molecule has 0 saturated carbocycles. The van der Waals surface area contributed by atoms with Crippen molar-refractivity contribution >= 4 is 0 Å². The van der Waals surface area contributed by atoms with Crippen LogP contribution in [0, 0.1) is 5.92 Å². The van der Waals surface area contributed by atoms with E-state index in [-0.39, 0.29) is 12.1 Å². The van der Waals surface area contributed by atoms with Crippen LogP contribution in [0.25, 0.3) is 0 Å². The lowest BCUT2D eigenvalue weighted by Gasteiger charge is -2.35. The third kappa shape index (κ3) is 2.93. The molecule has 1 rings (SSSR count). The molecule has 1 heterocycles. The van der Waals surface area contributed by atoms with Crippen LogP contribution >= 0.6 is 0 Å². The van der Waals surface area contributed by atoms with Gasteiger partial charge >= 0.3 is 0 Å². The van der Waals surface area contributed by atoms with Crippen LogP contribution in [0.15, 0.2) is 0 Å². The van der Waals surface area contributed by atoms with E-state index in [0.29, 0.717) is 5.92 Å². The minimum Gasteiger partial charge on any atom is -0.394 e. The van der Waals surface area contributed by atoms with Crippen LogP contribution in [0.1, 0.15) is 20.3 Å². The lowest BCUT2D eigenvalue weighted by molar-refractivity contribution is 0.0635. The van der Waals surface area contributed by atoms with Crippen molar-refractivity contribution in [3.05, 3.63) is 0 Å². The minimum atomic E-state index is -0.109. The molecule has 1 aliphatic rings. The molecule has 1 atom stereocenters. The number of aliphatic hydroxyl groups is 1. The van der Waals surface area contributed by atoms with Crippen molar-refractivity contribution in [2.75, 3.05) is 33.4 Å². The second-order valence-corrected chi connectivity index (χ2v) is 4.58. The fraction of sp³-hybridized carbons (Fsp3) is 1.00. The predicted octanol–water partition coefficient (Wildman–Crippen LogP) is 0.726. The first kappa shape index (κ1) is 11.0. The van der Waals surface area contributed by atoms with Gasteiger partial charge in [0.1, 0.15) is 0 Å². The van der Waals surface area contributed by atoms with Gasteiger partial charge in [-0.3, -0.25) is 4.90 Å². The molecular formula is C10H21NO2. The van der Waals surface area contributed by atoms with Gasteiger partial charge in [-0.2, -0.15) is 0 Å². The maximum absolute atomic E-state index is 9.17. The number of nitrogens with zero attached hydrogens (tertiary/aromatic N) is 1. The van der Waals surface area contributed by atoms with Crippen molar-refractivity contribution in [2.45, 2.75) is 25.8 Å². The highest BCUT2D eigenvalue weighted by atomic mass is 16.5. The Hall–Kier alpha value is -0.120. The monoisotopic (exact) mass is 187 g/mol. The van der Waals surface area contributed by atoms with Gasteiger partial charge in [0.2, 0.25) is 0 Å². The molecule has 0 aliphatic carbocycles. The summed E-state index contributed by atoms with van der Waals surface area (Å²) in [6, 6.07) is 0. The fourth-order valence-electron chi connectivity index (χ4n) is 1.48. The highest BCUT2D eigenvalue weighted by Crippen LogP contribution is 2.18. The molecule has 3 heteroatoms. The zero-order chi connectivity index (χ0) is 9.90. The zero-order valence-corrected chi connectivity index (χ0v) is 8.92. The molecule has 78 valence electrons. The molecule has 1 saturated heterocycles. The lowest BCUT2D eigenvalue weighted by Crippen LogP contribution is -2.46. The third-order valence-electron chi connectivity index (χ3n) is 2.98. The predicted molar refractivity (Wildman–Crippen MR) is 52.7 cm³/mol. The fourth-order valence-corrected chi connectivity index (χ4v) is 1.48. The summed E-state index contributed by atoms with van der Waals surface area (Å²) in [4.78, 5) is 2.21. The average Bonchev–Trinajstić information content (AvgIpc) is 2.57. The summed E-state index contributed by atoms with van der Waals surface area (Å²) in [7, 11) is 2.06. The van der Waals surface area contributed by atoms with Crippen molar-refractivity contribution in [3.63, 3.8) is 0 Å². The Balaban J connectivity index is 2.34. The Morgan fingerprint density at radius 3 is 2.69 bits per heavy atom. The van der Waals surface area contributed by atoms with Crippen LogP contribution in [0.2, 0.25) is 0 Å². The first-order chi connectivity index (χ1) is 6.06. The molecular weight excluding hydrogens is 166 g/mol. The quantitative estimate of drug-likeness (QED) is 0.704. The Morgan fingerprint density at radius 2 is 2.23 bits per heavy atom. The number of likely N-dealkylation sites (N-methyl/N-ethyl adjacent to an activating group) is 1. The maximum Gasteiger partial charge on any atom is 0.0609 e. The standard InChI is InChI=1S/C10H21NO2/c1-10(2,8-12)11(3)6-9-4-5-13-7-9/h9,12H,4-8H2,1-3H3. The van der Waals surface area contributed by atoms with Gasteiger partial charge < -0.3 is 9.84 Å². The van der Waals surface area contributed by atoms with Crippen molar-refractivity contribution in [1.29, 1.82) is 0 Å². The summed E-state index contributed by atoms with van der Waals surface area (Å²) in [6.45, 7) is 7.13. The van der Waals surface area contributed by atoms with Gasteiger partial charge in [-0.25, -0.2) is 0 Å². The Labute approximate surface area is 80.7 Å². The SMILES string of the molecule is CN(CC1CCOC1)C(C)(C)CO. The van der Waals surface area contributed by atoms with Gasteiger partial charge in [-0.1, -0.05) is 0 Å². The summed E-state index contributed by atoms with van der Waals surface area (Å²) in [6.07, 6.45) is 1.16. The lowest BCUT2D eigenvalue weighted by atomic mass is 10.0. The zero-order valence-electron chi connectivity index (χ0n) is 8.92. The highest BCUT2D eigenvalue weighted by molar-refractivity contribution is 4.80. The van der Waals surface area contributed by atoms with E-state index in [1.54, 1.807) is 0 Å². The van der Waals surface area contributed by atoms with Crippen LogP contribution in [0.3, 0.4) is 0 Å². The first-order valence-electron chi connectivity index (χ1n) is 4.96. The number of aliphatic hydroxyl groups excluding tert-OH is 1. The molecule has 0 amide bonds. The third-order valence-corrected chi connectivity index (χ3v) is 2.98. The van der Waals surface area contributed by atoms with Gasteiger partial charge in [0, 0.05) is 18.7 Å². The summed E-state index contributed by atoms with van der Waals surface area (Å²) in [5, 5.41) is 9.17. The molecule has 0 aromatic heterocycles. The Bertz CT molecular complexity index is 153. The molecule has 0 aromatic rings. The molecule has 1 unspecified atom stereocenters. The summed E-state index contributed by atoms with van der Waals surface area (Å²) in [5.41, 5.74) is -0.109. The van der Waals surface area contributed by atoms with E-state index in [1.807, 2.05) is 0 Å². The van der Waals surface area contributed by atoms with Gasteiger partial charge in [-0.05, 0) is 33.2 Å². The molecule has 3 nitrogen and oxygen atoms in total. The minimum absolute atomic E-state index is 0.109. The number of hydrogen-bond acceptors (Lipinski definition) is 3. The molecule has 0 bridgehead atoms. The Kier molecular flexibility index (Phi) is 3.71. The molecule has 1 aliphatic heterocycles. The largest absolute Gasteiger partial charge is 0.394 e. The first-order valence-corrected chi connectivity index (χ1v) is 4.96. The van der Waals surface area contributed by atoms with Crippen molar-refractivity contribution < 1.29 is 9.84 Å². The van der Waals surface area contributed by atoms with E-state index in [9.17, 15) is 0 Å².